The van der Waals surface area contributed by atoms with Gasteiger partial charge in [0.1, 0.15) is 0 Å². The van der Waals surface area contributed by atoms with Gasteiger partial charge >= 0.3 is 0 Å². The molecule has 1 aromatic carbocycles. The van der Waals surface area contributed by atoms with Gasteiger partial charge in [0, 0.05) is 49.7 Å². The molecule has 1 fully saturated rings. The number of rotatable bonds is 6. The number of piperidine rings is 1. The molecule has 154 valence electrons. The topological polar surface area (TPSA) is 86.8 Å². The number of fused-ring (bicyclic) bond motifs is 1. The van der Waals surface area contributed by atoms with Gasteiger partial charge in [-0.15, -0.1) is 11.8 Å². The third-order valence-electron chi connectivity index (χ3n) is 5.09. The van der Waals surface area contributed by atoms with Gasteiger partial charge in [-0.25, -0.2) is 13.1 Å². The molecule has 7 nitrogen and oxygen atoms in total. The highest BCUT2D eigenvalue weighted by Gasteiger charge is 2.26. The van der Waals surface area contributed by atoms with Crippen LogP contribution >= 0.6 is 11.8 Å². The molecule has 3 rings (SSSR count). The fourth-order valence-electron chi connectivity index (χ4n) is 3.66. The number of thioether (sulfide) groups is 1. The van der Waals surface area contributed by atoms with E-state index in [1.165, 1.54) is 0 Å². The number of anilines is 1. The van der Waals surface area contributed by atoms with Crippen LogP contribution in [0.15, 0.2) is 29.2 Å². The van der Waals surface area contributed by atoms with E-state index in [2.05, 4.69) is 4.72 Å². The van der Waals surface area contributed by atoms with Gasteiger partial charge in [0.25, 0.3) is 0 Å². The van der Waals surface area contributed by atoms with Crippen LogP contribution in [0, 0.1) is 5.92 Å². The Morgan fingerprint density at radius 3 is 2.71 bits per heavy atom. The van der Waals surface area contributed by atoms with E-state index in [1.54, 1.807) is 21.6 Å². The molecule has 2 heterocycles. The molecular formula is C19H27N3O4S2. The number of benzene rings is 1. The van der Waals surface area contributed by atoms with Gasteiger partial charge in [-0.3, -0.25) is 9.59 Å². The molecular weight excluding hydrogens is 398 g/mol. The van der Waals surface area contributed by atoms with Crippen LogP contribution in [0.3, 0.4) is 0 Å². The third kappa shape index (κ3) is 5.71. The summed E-state index contributed by atoms with van der Waals surface area (Å²) in [5.41, 5.74) is 0.932. The van der Waals surface area contributed by atoms with Crippen molar-refractivity contribution in [3.05, 3.63) is 24.3 Å². The average Bonchev–Trinajstić information content (AvgIpc) is 2.69. The number of hydrogen-bond donors (Lipinski definition) is 1. The highest BCUT2D eigenvalue weighted by molar-refractivity contribution is 7.99. The molecule has 0 spiro atoms. The predicted molar refractivity (Wildman–Crippen MR) is 111 cm³/mol. The van der Waals surface area contributed by atoms with Gasteiger partial charge in [-0.1, -0.05) is 12.1 Å². The van der Waals surface area contributed by atoms with E-state index in [0.717, 1.165) is 35.4 Å². The van der Waals surface area contributed by atoms with Crippen molar-refractivity contribution >= 4 is 39.3 Å². The number of para-hydroxylation sites is 1. The predicted octanol–water partition coefficient (Wildman–Crippen LogP) is 1.69. The van der Waals surface area contributed by atoms with Gasteiger partial charge in [0.15, 0.2) is 0 Å². The van der Waals surface area contributed by atoms with Crippen molar-refractivity contribution in [2.75, 3.05) is 43.1 Å². The van der Waals surface area contributed by atoms with Crippen molar-refractivity contribution in [1.82, 2.24) is 9.62 Å². The van der Waals surface area contributed by atoms with E-state index in [9.17, 15) is 18.0 Å². The number of likely N-dealkylation sites (tertiary alicyclic amines) is 1. The molecule has 1 N–H and O–H groups in total. The summed E-state index contributed by atoms with van der Waals surface area (Å²) in [5, 5.41) is 0. The van der Waals surface area contributed by atoms with E-state index in [4.69, 9.17) is 0 Å². The largest absolute Gasteiger partial charge is 0.342 e. The lowest BCUT2D eigenvalue weighted by molar-refractivity contribution is -0.134. The van der Waals surface area contributed by atoms with Crippen LogP contribution in [0.2, 0.25) is 0 Å². The Labute approximate surface area is 170 Å². The summed E-state index contributed by atoms with van der Waals surface area (Å²) in [6.45, 7) is 2.23. The highest BCUT2D eigenvalue weighted by Crippen LogP contribution is 2.34. The van der Waals surface area contributed by atoms with Crippen molar-refractivity contribution in [1.29, 1.82) is 0 Å². The van der Waals surface area contributed by atoms with Crippen molar-refractivity contribution in [2.45, 2.75) is 30.6 Å². The second-order valence-corrected chi connectivity index (χ2v) is 10.3. The Balaban J connectivity index is 1.50. The fraction of sp³-hybridized carbons (Fsp3) is 0.579. The number of carbonyl (C=O) groups excluding carboxylic acids is 2. The Morgan fingerprint density at radius 1 is 1.18 bits per heavy atom. The standard InChI is InChI=1S/C19H27N3O4S2/c1-28(25,26)20-13-15-5-4-10-21(14-15)18(23)8-9-19(24)22-11-12-27-17-7-3-2-6-16(17)22/h2-3,6-7,15,20H,4-5,8-14H2,1H3. The van der Waals surface area contributed by atoms with Gasteiger partial charge < -0.3 is 9.80 Å². The zero-order valence-corrected chi connectivity index (χ0v) is 17.7. The number of nitrogens with zero attached hydrogens (tertiary/aromatic N) is 2. The molecule has 1 saturated heterocycles. The summed E-state index contributed by atoms with van der Waals surface area (Å²) in [6.07, 6.45) is 3.28. The maximum Gasteiger partial charge on any atom is 0.227 e. The molecule has 28 heavy (non-hydrogen) atoms. The minimum Gasteiger partial charge on any atom is -0.342 e. The second-order valence-electron chi connectivity index (χ2n) is 7.33. The van der Waals surface area contributed by atoms with Crippen LogP contribution < -0.4 is 9.62 Å². The van der Waals surface area contributed by atoms with Crippen molar-refractivity contribution in [2.24, 2.45) is 5.92 Å². The lowest BCUT2D eigenvalue weighted by Gasteiger charge is -2.33. The van der Waals surface area contributed by atoms with Crippen molar-refractivity contribution in [3.63, 3.8) is 0 Å². The van der Waals surface area contributed by atoms with Gasteiger partial charge in [-0.2, -0.15) is 0 Å². The fourth-order valence-corrected chi connectivity index (χ4v) is 5.20. The Hall–Kier alpha value is -1.58. The molecule has 0 saturated carbocycles. The number of amides is 2. The number of hydrogen-bond acceptors (Lipinski definition) is 5. The summed E-state index contributed by atoms with van der Waals surface area (Å²) in [4.78, 5) is 29.9. The SMILES string of the molecule is CS(=O)(=O)NCC1CCCN(C(=O)CCC(=O)N2CCSc3ccccc32)C1. The first kappa shape index (κ1) is 21.1. The van der Waals surface area contributed by atoms with E-state index in [0.29, 0.717) is 26.2 Å². The van der Waals surface area contributed by atoms with Crippen LogP contribution in [0.4, 0.5) is 5.69 Å². The lowest BCUT2D eigenvalue weighted by Crippen LogP contribution is -2.44. The number of nitrogens with one attached hydrogen (secondary N) is 1. The van der Waals surface area contributed by atoms with E-state index >= 15 is 0 Å². The molecule has 0 radical (unpaired) electrons. The summed E-state index contributed by atoms with van der Waals surface area (Å²) >= 11 is 1.75. The first-order valence-corrected chi connectivity index (χ1v) is 12.5. The molecule has 9 heteroatoms. The molecule has 0 bridgehead atoms. The first-order chi connectivity index (χ1) is 13.3. The van der Waals surface area contributed by atoms with Gasteiger partial charge in [0.2, 0.25) is 21.8 Å². The Morgan fingerprint density at radius 2 is 1.93 bits per heavy atom. The molecule has 1 aromatic rings. The van der Waals surface area contributed by atoms with Crippen LogP contribution in [-0.2, 0) is 19.6 Å². The molecule has 2 aliphatic rings. The summed E-state index contributed by atoms with van der Waals surface area (Å²) in [5.74, 6) is 0.928. The zero-order chi connectivity index (χ0) is 20.1. The van der Waals surface area contributed by atoms with E-state index < -0.39 is 10.0 Å². The summed E-state index contributed by atoms with van der Waals surface area (Å²) < 4.78 is 25.1. The van der Waals surface area contributed by atoms with Crippen LogP contribution in [-0.4, -0.2) is 63.3 Å². The third-order valence-corrected chi connectivity index (χ3v) is 6.82. The summed E-state index contributed by atoms with van der Waals surface area (Å²) in [7, 11) is -3.22. The smallest absolute Gasteiger partial charge is 0.227 e. The van der Waals surface area contributed by atoms with E-state index in [1.807, 2.05) is 24.3 Å². The van der Waals surface area contributed by atoms with Crippen LogP contribution in [0.1, 0.15) is 25.7 Å². The van der Waals surface area contributed by atoms with Crippen molar-refractivity contribution < 1.29 is 18.0 Å². The Bertz CT molecular complexity index is 828. The number of carbonyl (C=O) groups is 2. The van der Waals surface area contributed by atoms with Crippen LogP contribution in [0.25, 0.3) is 0 Å². The zero-order valence-electron chi connectivity index (χ0n) is 16.1. The normalized spacial score (nSPS) is 20.0. The molecule has 0 aliphatic carbocycles. The monoisotopic (exact) mass is 425 g/mol. The van der Waals surface area contributed by atoms with Crippen LogP contribution in [0.5, 0.6) is 0 Å². The molecule has 1 atom stereocenters. The van der Waals surface area contributed by atoms with Gasteiger partial charge in [-0.05, 0) is 30.9 Å². The maximum absolute atomic E-state index is 12.7. The summed E-state index contributed by atoms with van der Waals surface area (Å²) in [6, 6.07) is 7.86. The molecule has 2 aliphatic heterocycles. The highest BCUT2D eigenvalue weighted by atomic mass is 32.2. The number of sulfonamides is 1. The minimum absolute atomic E-state index is 0.0200. The molecule has 0 aromatic heterocycles. The maximum atomic E-state index is 12.7. The molecule has 1 unspecified atom stereocenters. The average molecular weight is 426 g/mol. The molecule has 2 amide bonds. The van der Waals surface area contributed by atoms with Gasteiger partial charge in [0.05, 0.1) is 11.9 Å². The Kier molecular flexibility index (Phi) is 7.00. The quantitative estimate of drug-likeness (QED) is 0.750. The first-order valence-electron chi connectivity index (χ1n) is 9.58. The second kappa shape index (κ2) is 9.28. The van der Waals surface area contributed by atoms with Crippen molar-refractivity contribution in [3.8, 4) is 0 Å². The lowest BCUT2D eigenvalue weighted by atomic mass is 9.98. The minimum atomic E-state index is -3.22. The van der Waals surface area contributed by atoms with E-state index in [-0.39, 0.29) is 30.6 Å².